The highest BCUT2D eigenvalue weighted by Crippen LogP contribution is 2.30. The number of rotatable bonds is 7. The molecule has 5 N–H and O–H groups in total. The Labute approximate surface area is 190 Å². The molecule has 1 fully saturated rings. The van der Waals surface area contributed by atoms with Gasteiger partial charge in [-0.15, -0.1) is 0 Å². The number of hydrogen-bond donors (Lipinski definition) is 4. The Morgan fingerprint density at radius 1 is 1.00 bits per heavy atom. The fourth-order valence-electron chi connectivity index (χ4n) is 5.11. The molecule has 0 bridgehead atoms. The fraction of sp³-hybridized carbons (Fsp3) is 0.462. The Hall–Kier alpha value is -2.86. The van der Waals surface area contributed by atoms with E-state index >= 15 is 0 Å². The zero-order chi connectivity index (χ0) is 22.3. The van der Waals surface area contributed by atoms with Crippen LogP contribution in [0.1, 0.15) is 48.0 Å². The predicted octanol–water partition coefficient (Wildman–Crippen LogP) is 3.09. The van der Waals surface area contributed by atoms with Crippen molar-refractivity contribution in [3.8, 4) is 0 Å². The fourth-order valence-corrected chi connectivity index (χ4v) is 5.11. The standard InChI is InChI=1S/C26H34N4O2/c27-17-24-20(16-19-10-4-6-12-22(19)29-24)14-15-28-26(32)21-11-5-7-13-23(21)30-25(31)18-8-2-1-3-9-18/h1-4,6,8-10,12,20-21,23-24,29H,5,7,11,13-17,27H2,(H,28,32)(H,30,31)/t20?,21-,23+,24-/m0/s1. The van der Waals surface area contributed by atoms with Crippen molar-refractivity contribution in [2.75, 3.05) is 18.4 Å². The van der Waals surface area contributed by atoms with Crippen molar-refractivity contribution in [1.29, 1.82) is 0 Å². The monoisotopic (exact) mass is 434 g/mol. The molecule has 4 atom stereocenters. The van der Waals surface area contributed by atoms with Gasteiger partial charge >= 0.3 is 0 Å². The summed E-state index contributed by atoms with van der Waals surface area (Å²) in [6.45, 7) is 1.20. The summed E-state index contributed by atoms with van der Waals surface area (Å²) in [5.41, 5.74) is 9.13. The number of amides is 2. The number of anilines is 1. The third kappa shape index (κ3) is 5.30. The zero-order valence-electron chi connectivity index (χ0n) is 18.6. The molecule has 32 heavy (non-hydrogen) atoms. The van der Waals surface area contributed by atoms with Crippen LogP contribution in [0.3, 0.4) is 0 Å². The largest absolute Gasteiger partial charge is 0.381 e. The van der Waals surface area contributed by atoms with Crippen LogP contribution in [0.4, 0.5) is 5.69 Å². The molecule has 1 aliphatic heterocycles. The Bertz CT molecular complexity index is 917. The van der Waals surface area contributed by atoms with Gasteiger partial charge in [0.15, 0.2) is 0 Å². The molecule has 2 aliphatic rings. The van der Waals surface area contributed by atoms with Gasteiger partial charge in [0, 0.05) is 36.4 Å². The molecule has 2 amide bonds. The average Bonchev–Trinajstić information content (AvgIpc) is 2.84. The molecule has 6 nitrogen and oxygen atoms in total. The van der Waals surface area contributed by atoms with Crippen LogP contribution in [-0.2, 0) is 11.2 Å². The summed E-state index contributed by atoms with van der Waals surface area (Å²) in [5.74, 6) is 0.159. The number of carbonyl (C=O) groups is 2. The second-order valence-electron chi connectivity index (χ2n) is 9.02. The van der Waals surface area contributed by atoms with Crippen LogP contribution < -0.4 is 21.7 Å². The van der Waals surface area contributed by atoms with Crippen molar-refractivity contribution in [2.45, 2.75) is 50.6 Å². The maximum absolute atomic E-state index is 13.0. The molecule has 0 saturated heterocycles. The number of hydrogen-bond acceptors (Lipinski definition) is 4. The van der Waals surface area contributed by atoms with E-state index in [1.165, 1.54) is 11.3 Å². The molecule has 0 aromatic heterocycles. The summed E-state index contributed by atoms with van der Waals surface area (Å²) in [6.07, 6.45) is 5.57. The van der Waals surface area contributed by atoms with Gasteiger partial charge in [-0.3, -0.25) is 9.59 Å². The van der Waals surface area contributed by atoms with Crippen LogP contribution in [0.2, 0.25) is 0 Å². The van der Waals surface area contributed by atoms with E-state index in [0.717, 1.165) is 38.5 Å². The number of carbonyl (C=O) groups excluding carboxylic acids is 2. The first-order valence-corrected chi connectivity index (χ1v) is 11.8. The minimum absolute atomic E-state index is 0.0523. The van der Waals surface area contributed by atoms with Crippen molar-refractivity contribution in [2.24, 2.45) is 17.6 Å². The van der Waals surface area contributed by atoms with Gasteiger partial charge in [0.2, 0.25) is 5.91 Å². The molecule has 0 radical (unpaired) electrons. The summed E-state index contributed by atoms with van der Waals surface area (Å²) in [6, 6.07) is 17.7. The number of fused-ring (bicyclic) bond motifs is 1. The maximum Gasteiger partial charge on any atom is 0.251 e. The van der Waals surface area contributed by atoms with E-state index in [4.69, 9.17) is 5.73 Å². The molecule has 170 valence electrons. The topological polar surface area (TPSA) is 96.2 Å². The lowest BCUT2D eigenvalue weighted by atomic mass is 9.83. The molecule has 0 spiro atoms. The minimum atomic E-state index is -0.174. The lowest BCUT2D eigenvalue weighted by Crippen LogP contribution is -2.49. The van der Waals surface area contributed by atoms with Crippen LogP contribution in [0.15, 0.2) is 54.6 Å². The van der Waals surface area contributed by atoms with Gasteiger partial charge < -0.3 is 21.7 Å². The van der Waals surface area contributed by atoms with Crippen LogP contribution in [0.5, 0.6) is 0 Å². The highest BCUT2D eigenvalue weighted by atomic mass is 16.2. The number of nitrogens with two attached hydrogens (primary N) is 1. The van der Waals surface area contributed by atoms with E-state index in [0.29, 0.717) is 24.6 Å². The van der Waals surface area contributed by atoms with E-state index in [9.17, 15) is 9.59 Å². The highest BCUT2D eigenvalue weighted by molar-refractivity contribution is 5.94. The first-order chi connectivity index (χ1) is 15.7. The Balaban J connectivity index is 1.31. The normalized spacial score (nSPS) is 24.7. The first-order valence-electron chi connectivity index (χ1n) is 11.8. The lowest BCUT2D eigenvalue weighted by molar-refractivity contribution is -0.126. The molecule has 1 aliphatic carbocycles. The quantitative estimate of drug-likeness (QED) is 0.538. The van der Waals surface area contributed by atoms with E-state index < -0.39 is 0 Å². The van der Waals surface area contributed by atoms with Gasteiger partial charge in [-0.2, -0.15) is 0 Å². The van der Waals surface area contributed by atoms with Crippen LogP contribution in [0, 0.1) is 11.8 Å². The molecular formula is C26H34N4O2. The summed E-state index contributed by atoms with van der Waals surface area (Å²) in [4.78, 5) is 25.6. The molecule has 1 heterocycles. The van der Waals surface area contributed by atoms with Gasteiger partial charge in [0.1, 0.15) is 0 Å². The molecule has 1 unspecified atom stereocenters. The van der Waals surface area contributed by atoms with Crippen LogP contribution >= 0.6 is 0 Å². The lowest BCUT2D eigenvalue weighted by Gasteiger charge is -2.35. The first kappa shape index (κ1) is 22.3. The van der Waals surface area contributed by atoms with Crippen molar-refractivity contribution in [3.05, 3.63) is 65.7 Å². The third-order valence-corrected chi connectivity index (χ3v) is 6.93. The van der Waals surface area contributed by atoms with Crippen molar-refractivity contribution in [3.63, 3.8) is 0 Å². The smallest absolute Gasteiger partial charge is 0.251 e. The van der Waals surface area contributed by atoms with E-state index in [2.05, 4.69) is 34.1 Å². The second kappa shape index (κ2) is 10.6. The molecule has 2 aromatic rings. The second-order valence-corrected chi connectivity index (χ2v) is 9.02. The van der Waals surface area contributed by atoms with Crippen molar-refractivity contribution in [1.82, 2.24) is 10.6 Å². The summed E-state index contributed by atoms with van der Waals surface area (Å²) in [5, 5.41) is 9.82. The van der Waals surface area contributed by atoms with Gasteiger partial charge in [-0.1, -0.05) is 49.2 Å². The molecule has 6 heteroatoms. The molecule has 2 aromatic carbocycles. The third-order valence-electron chi connectivity index (χ3n) is 6.93. The van der Waals surface area contributed by atoms with E-state index in [-0.39, 0.29) is 29.8 Å². The Morgan fingerprint density at radius 2 is 1.75 bits per heavy atom. The Kier molecular flexibility index (Phi) is 7.43. The van der Waals surface area contributed by atoms with Gasteiger partial charge in [0.05, 0.1) is 5.92 Å². The van der Waals surface area contributed by atoms with E-state index in [1.807, 2.05) is 24.3 Å². The average molecular weight is 435 g/mol. The maximum atomic E-state index is 13.0. The SMILES string of the molecule is NC[C@@H]1Nc2ccccc2CC1CCNC(=O)[C@H]1CCCC[C@H]1NC(=O)c1ccccc1. The van der Waals surface area contributed by atoms with E-state index in [1.54, 1.807) is 12.1 Å². The number of nitrogens with one attached hydrogen (secondary N) is 3. The zero-order valence-corrected chi connectivity index (χ0v) is 18.6. The summed E-state index contributed by atoms with van der Waals surface area (Å²) in [7, 11) is 0. The van der Waals surface area contributed by atoms with Gasteiger partial charge in [-0.25, -0.2) is 0 Å². The Morgan fingerprint density at radius 3 is 2.56 bits per heavy atom. The van der Waals surface area contributed by atoms with Crippen LogP contribution in [0.25, 0.3) is 0 Å². The predicted molar refractivity (Wildman–Crippen MR) is 127 cm³/mol. The highest BCUT2D eigenvalue weighted by Gasteiger charge is 2.32. The van der Waals surface area contributed by atoms with Crippen molar-refractivity contribution < 1.29 is 9.59 Å². The minimum Gasteiger partial charge on any atom is -0.381 e. The van der Waals surface area contributed by atoms with Crippen LogP contribution in [-0.4, -0.2) is 37.0 Å². The van der Waals surface area contributed by atoms with Gasteiger partial charge in [0.25, 0.3) is 5.91 Å². The molecular weight excluding hydrogens is 400 g/mol. The molecule has 1 saturated carbocycles. The summed E-state index contributed by atoms with van der Waals surface area (Å²) >= 11 is 0. The molecule has 4 rings (SSSR count). The van der Waals surface area contributed by atoms with Crippen molar-refractivity contribution >= 4 is 17.5 Å². The number of para-hydroxylation sites is 1. The van der Waals surface area contributed by atoms with Gasteiger partial charge in [-0.05, 0) is 55.4 Å². The summed E-state index contributed by atoms with van der Waals surface area (Å²) < 4.78 is 0. The number of benzene rings is 2.